The van der Waals surface area contributed by atoms with Gasteiger partial charge in [0.15, 0.2) is 0 Å². The smallest absolute Gasteiger partial charge is 0.267 e. The van der Waals surface area contributed by atoms with E-state index in [1.54, 1.807) is 12.4 Å². The maximum atomic E-state index is 11.0. The minimum Gasteiger partial charge on any atom is -0.365 e. The van der Waals surface area contributed by atoms with Crippen molar-refractivity contribution in [1.82, 2.24) is 25.3 Å². The molecule has 0 aromatic carbocycles. The molecule has 8 nitrogen and oxygen atoms in total. The highest BCUT2D eigenvalue weighted by Gasteiger charge is 2.20. The number of rotatable bonds is 6. The molecule has 11 heteroatoms. The Morgan fingerprint density at radius 3 is 2.69 bits per heavy atom. The number of carbonyl (C=O) groups is 1. The van der Waals surface area contributed by atoms with Crippen molar-refractivity contribution in [2.24, 2.45) is 0 Å². The molecule has 1 fully saturated rings. The average molecular weight is 464 g/mol. The van der Waals surface area contributed by atoms with Crippen LogP contribution in [0.25, 0.3) is 6.08 Å². The van der Waals surface area contributed by atoms with E-state index < -0.39 is 5.91 Å². The van der Waals surface area contributed by atoms with Gasteiger partial charge >= 0.3 is 0 Å². The standard InChI is InChI=1S/C18H22N6O2.3ClH/c25-18(23-26)7-6-14-10-21-17(11-20-14)22-16-5-3-9-24(13-16)12-15-4-1-2-8-19-15;;;/h1-2,4,6-8,10-11,16,26H,3,5,9,12-13H2,(H,21,22)(H,23,25);3*1H/b7-6+;;;/t16-;;;/m1.../s1. The number of anilines is 1. The summed E-state index contributed by atoms with van der Waals surface area (Å²) in [5.41, 5.74) is 3.15. The molecule has 0 radical (unpaired) electrons. The monoisotopic (exact) mass is 462 g/mol. The molecule has 0 spiro atoms. The lowest BCUT2D eigenvalue weighted by molar-refractivity contribution is -0.124. The Morgan fingerprint density at radius 1 is 1.21 bits per heavy atom. The summed E-state index contributed by atoms with van der Waals surface area (Å²) >= 11 is 0. The zero-order valence-corrected chi connectivity index (χ0v) is 18.1. The van der Waals surface area contributed by atoms with Crippen LogP contribution < -0.4 is 10.8 Å². The van der Waals surface area contributed by atoms with Crippen molar-refractivity contribution >= 4 is 55.0 Å². The second-order valence-corrected chi connectivity index (χ2v) is 6.18. The van der Waals surface area contributed by atoms with Crippen LogP contribution >= 0.6 is 37.2 Å². The van der Waals surface area contributed by atoms with Crippen LogP contribution in [0.1, 0.15) is 24.2 Å². The predicted octanol–water partition coefficient (Wildman–Crippen LogP) is 2.73. The van der Waals surface area contributed by atoms with Gasteiger partial charge in [-0.05, 0) is 37.6 Å². The van der Waals surface area contributed by atoms with Gasteiger partial charge in [0.05, 0.1) is 23.8 Å². The van der Waals surface area contributed by atoms with Gasteiger partial charge in [0, 0.05) is 31.4 Å². The zero-order valence-electron chi connectivity index (χ0n) is 15.6. The molecule has 1 atom stereocenters. The van der Waals surface area contributed by atoms with Gasteiger partial charge in [0.1, 0.15) is 5.82 Å². The number of carbonyl (C=O) groups excluding carboxylic acids is 1. The van der Waals surface area contributed by atoms with Crippen molar-refractivity contribution in [2.75, 3.05) is 18.4 Å². The summed E-state index contributed by atoms with van der Waals surface area (Å²) in [4.78, 5) is 26.3. The minimum atomic E-state index is -0.607. The molecule has 1 saturated heterocycles. The number of nitrogens with one attached hydrogen (secondary N) is 2. The summed E-state index contributed by atoms with van der Waals surface area (Å²) in [6.45, 7) is 2.84. The lowest BCUT2D eigenvalue weighted by atomic mass is 10.1. The lowest BCUT2D eigenvalue weighted by Gasteiger charge is -2.33. The molecule has 2 aromatic heterocycles. The number of hydroxylamine groups is 1. The second-order valence-electron chi connectivity index (χ2n) is 6.18. The number of piperidine rings is 1. The van der Waals surface area contributed by atoms with Gasteiger partial charge in [-0.2, -0.15) is 0 Å². The normalized spacial score (nSPS) is 16.1. The highest BCUT2D eigenvalue weighted by atomic mass is 35.5. The fraction of sp³-hybridized carbons (Fsp3) is 0.333. The van der Waals surface area contributed by atoms with E-state index >= 15 is 0 Å². The molecule has 0 saturated carbocycles. The number of pyridine rings is 1. The van der Waals surface area contributed by atoms with Gasteiger partial charge in [-0.25, -0.2) is 10.5 Å². The fourth-order valence-electron chi connectivity index (χ4n) is 2.94. The van der Waals surface area contributed by atoms with Crippen LogP contribution in [-0.4, -0.2) is 50.1 Å². The number of halogens is 3. The summed E-state index contributed by atoms with van der Waals surface area (Å²) in [6, 6.07) is 6.30. The first-order chi connectivity index (χ1) is 12.7. The Bertz CT molecular complexity index is 749. The minimum absolute atomic E-state index is 0. The van der Waals surface area contributed by atoms with E-state index in [-0.39, 0.29) is 37.2 Å². The van der Waals surface area contributed by atoms with Crippen LogP contribution in [0.4, 0.5) is 5.82 Å². The van der Waals surface area contributed by atoms with Crippen molar-refractivity contribution in [3.8, 4) is 0 Å². The van der Waals surface area contributed by atoms with Gasteiger partial charge in [0.25, 0.3) is 5.91 Å². The third-order valence-electron chi connectivity index (χ3n) is 4.16. The van der Waals surface area contributed by atoms with Crippen LogP contribution in [0.3, 0.4) is 0 Å². The topological polar surface area (TPSA) is 103 Å². The van der Waals surface area contributed by atoms with Crippen molar-refractivity contribution in [3.63, 3.8) is 0 Å². The quantitative estimate of drug-likeness (QED) is 0.344. The number of nitrogens with zero attached hydrogens (tertiary/aromatic N) is 4. The van der Waals surface area contributed by atoms with Crippen molar-refractivity contribution in [2.45, 2.75) is 25.4 Å². The number of hydrogen-bond acceptors (Lipinski definition) is 7. The Hall–Kier alpha value is -1.97. The van der Waals surface area contributed by atoms with Crippen LogP contribution in [-0.2, 0) is 11.3 Å². The first-order valence-corrected chi connectivity index (χ1v) is 8.56. The van der Waals surface area contributed by atoms with E-state index in [4.69, 9.17) is 5.21 Å². The third kappa shape index (κ3) is 8.93. The molecule has 0 unspecified atom stereocenters. The van der Waals surface area contributed by atoms with Crippen LogP contribution in [0.2, 0.25) is 0 Å². The maximum absolute atomic E-state index is 11.0. The van der Waals surface area contributed by atoms with Crippen molar-refractivity contribution < 1.29 is 10.0 Å². The molecule has 0 aliphatic carbocycles. The van der Waals surface area contributed by atoms with Gasteiger partial charge in [-0.3, -0.25) is 24.9 Å². The van der Waals surface area contributed by atoms with Crippen LogP contribution in [0.15, 0.2) is 42.9 Å². The number of likely N-dealkylation sites (tertiary alicyclic amines) is 1. The van der Waals surface area contributed by atoms with Gasteiger partial charge in [0.2, 0.25) is 0 Å². The molecule has 2 aromatic rings. The summed E-state index contributed by atoms with van der Waals surface area (Å²) in [5.74, 6) is 0.0997. The Balaban J connectivity index is 0.00000261. The van der Waals surface area contributed by atoms with Gasteiger partial charge < -0.3 is 5.32 Å². The molecule has 1 aliphatic heterocycles. The van der Waals surface area contributed by atoms with Gasteiger partial charge in [-0.1, -0.05) is 6.07 Å². The molecule has 3 N–H and O–H groups in total. The summed E-state index contributed by atoms with van der Waals surface area (Å²) in [6.07, 6.45) is 9.93. The van der Waals surface area contributed by atoms with E-state index in [1.807, 2.05) is 24.4 Å². The molecule has 160 valence electrons. The Labute approximate surface area is 188 Å². The molecule has 1 amide bonds. The van der Waals surface area contributed by atoms with Crippen molar-refractivity contribution in [1.29, 1.82) is 0 Å². The fourth-order valence-corrected chi connectivity index (χ4v) is 2.94. The lowest BCUT2D eigenvalue weighted by Crippen LogP contribution is -2.41. The van der Waals surface area contributed by atoms with Gasteiger partial charge in [-0.15, -0.1) is 37.2 Å². The second kappa shape index (κ2) is 14.1. The molecule has 0 bridgehead atoms. The molecular formula is C18H25Cl3N6O2. The van der Waals surface area contributed by atoms with Crippen LogP contribution in [0.5, 0.6) is 0 Å². The molecule has 3 heterocycles. The summed E-state index contributed by atoms with van der Waals surface area (Å²) in [7, 11) is 0. The highest BCUT2D eigenvalue weighted by molar-refractivity contribution is 5.90. The van der Waals surface area contributed by atoms with E-state index in [0.29, 0.717) is 17.6 Å². The molecule has 29 heavy (non-hydrogen) atoms. The first kappa shape index (κ1) is 27.0. The third-order valence-corrected chi connectivity index (χ3v) is 4.16. The van der Waals surface area contributed by atoms with E-state index in [2.05, 4.69) is 25.2 Å². The number of aromatic nitrogens is 3. The molecule has 1 aliphatic rings. The van der Waals surface area contributed by atoms with Crippen LogP contribution in [0, 0.1) is 0 Å². The van der Waals surface area contributed by atoms with E-state index in [9.17, 15) is 4.79 Å². The molecule has 3 rings (SSSR count). The Kier molecular flexibility index (Phi) is 13.1. The van der Waals surface area contributed by atoms with E-state index in [0.717, 1.165) is 38.2 Å². The predicted molar refractivity (Wildman–Crippen MR) is 119 cm³/mol. The largest absolute Gasteiger partial charge is 0.365 e. The summed E-state index contributed by atoms with van der Waals surface area (Å²) < 4.78 is 0. The highest BCUT2D eigenvalue weighted by Crippen LogP contribution is 2.16. The first-order valence-electron chi connectivity index (χ1n) is 8.56. The maximum Gasteiger partial charge on any atom is 0.267 e. The molecular weight excluding hydrogens is 439 g/mol. The average Bonchev–Trinajstić information content (AvgIpc) is 2.68. The Morgan fingerprint density at radius 2 is 2.03 bits per heavy atom. The van der Waals surface area contributed by atoms with E-state index in [1.165, 1.54) is 17.6 Å². The summed E-state index contributed by atoms with van der Waals surface area (Å²) in [5, 5.41) is 11.9. The zero-order chi connectivity index (χ0) is 18.2. The number of hydrogen-bond donors (Lipinski definition) is 3. The van der Waals surface area contributed by atoms with Crippen molar-refractivity contribution in [3.05, 3.63) is 54.3 Å². The SMILES string of the molecule is Cl.Cl.Cl.O=C(/C=C/c1cnc(N[C@@H]2CCCN(Cc3ccccn3)C2)cn1)NO. The number of amides is 1.